The van der Waals surface area contributed by atoms with Crippen molar-refractivity contribution < 1.29 is 22.9 Å². The lowest BCUT2D eigenvalue weighted by molar-refractivity contribution is -0.387. The summed E-state index contributed by atoms with van der Waals surface area (Å²) in [6.07, 6.45) is 2.95. The number of nitrogens with zero attached hydrogens (tertiary/aromatic N) is 3. The first-order valence-corrected chi connectivity index (χ1v) is 10.4. The van der Waals surface area contributed by atoms with E-state index < -0.39 is 42.4 Å². The Labute approximate surface area is 157 Å². The molecular formula is C17H21N3O6S. The molecule has 9 nitrogen and oxygen atoms in total. The molecule has 0 N–H and O–H groups in total. The van der Waals surface area contributed by atoms with Crippen LogP contribution < -0.4 is 0 Å². The van der Waals surface area contributed by atoms with Gasteiger partial charge in [-0.25, -0.2) is 8.42 Å². The van der Waals surface area contributed by atoms with Crippen LogP contribution in [0, 0.1) is 10.1 Å². The van der Waals surface area contributed by atoms with Gasteiger partial charge in [0, 0.05) is 32.2 Å². The van der Waals surface area contributed by atoms with Crippen LogP contribution in [0.4, 0.5) is 5.69 Å². The van der Waals surface area contributed by atoms with Gasteiger partial charge in [0.1, 0.15) is 4.90 Å². The van der Waals surface area contributed by atoms with E-state index in [1.165, 1.54) is 21.9 Å². The summed E-state index contributed by atoms with van der Waals surface area (Å²) >= 11 is 0. The van der Waals surface area contributed by atoms with Crippen molar-refractivity contribution in [1.29, 1.82) is 0 Å². The smallest absolute Gasteiger partial charge is 0.288 e. The Balaban J connectivity index is 2.07. The molecule has 3 rings (SSSR count). The third kappa shape index (κ3) is 3.66. The van der Waals surface area contributed by atoms with E-state index in [9.17, 15) is 28.1 Å². The fourth-order valence-corrected chi connectivity index (χ4v) is 5.34. The van der Waals surface area contributed by atoms with Crippen LogP contribution in [0.2, 0.25) is 0 Å². The van der Waals surface area contributed by atoms with E-state index in [4.69, 9.17) is 0 Å². The molecule has 1 aromatic rings. The summed E-state index contributed by atoms with van der Waals surface area (Å²) in [4.78, 5) is 38.6. The van der Waals surface area contributed by atoms with E-state index in [0.29, 0.717) is 26.2 Å². The van der Waals surface area contributed by atoms with E-state index >= 15 is 0 Å². The molecule has 0 atom stereocenters. The minimum Gasteiger partial charge on any atom is -0.341 e. The lowest BCUT2D eigenvalue weighted by Gasteiger charge is -2.26. The van der Waals surface area contributed by atoms with E-state index in [2.05, 4.69) is 0 Å². The van der Waals surface area contributed by atoms with Crippen molar-refractivity contribution in [1.82, 2.24) is 9.80 Å². The van der Waals surface area contributed by atoms with E-state index in [-0.39, 0.29) is 0 Å². The van der Waals surface area contributed by atoms with Crippen molar-refractivity contribution >= 4 is 27.3 Å². The normalized spacial score (nSPS) is 17.5. The molecule has 2 amide bonds. The Kier molecular flexibility index (Phi) is 5.45. The Hall–Kier alpha value is -2.49. The molecule has 2 heterocycles. The second-order valence-corrected chi connectivity index (χ2v) is 8.72. The summed E-state index contributed by atoms with van der Waals surface area (Å²) in [6.45, 7) is 1.54. The van der Waals surface area contributed by atoms with Crippen molar-refractivity contribution in [2.24, 2.45) is 0 Å². The average molecular weight is 395 g/mol. The van der Waals surface area contributed by atoms with Crippen LogP contribution in [0.15, 0.2) is 29.2 Å². The fraction of sp³-hybridized carbons (Fsp3) is 0.529. The maximum atomic E-state index is 13.3. The van der Waals surface area contributed by atoms with Crippen molar-refractivity contribution in [2.45, 2.75) is 35.8 Å². The molecule has 0 saturated carbocycles. The molecule has 27 heavy (non-hydrogen) atoms. The summed E-state index contributed by atoms with van der Waals surface area (Å²) in [5.74, 6) is -1.58. The van der Waals surface area contributed by atoms with Gasteiger partial charge < -0.3 is 9.80 Å². The Morgan fingerprint density at radius 3 is 1.81 bits per heavy atom. The predicted molar refractivity (Wildman–Crippen MR) is 95.7 cm³/mol. The van der Waals surface area contributed by atoms with Crippen LogP contribution in [-0.2, 0) is 19.4 Å². The maximum Gasteiger partial charge on any atom is 0.288 e. The van der Waals surface area contributed by atoms with Crippen LogP contribution in [0.5, 0.6) is 0 Å². The van der Waals surface area contributed by atoms with Crippen LogP contribution in [-0.4, -0.2) is 66.4 Å². The zero-order valence-corrected chi connectivity index (χ0v) is 15.6. The van der Waals surface area contributed by atoms with Crippen LogP contribution in [0.25, 0.3) is 0 Å². The molecule has 1 aromatic carbocycles. The van der Waals surface area contributed by atoms with Crippen molar-refractivity contribution in [2.75, 3.05) is 26.2 Å². The Bertz CT molecular complexity index is 829. The number of benzene rings is 1. The SMILES string of the molecule is O=C(C(C(=O)N1CCCC1)S(=O)(=O)c1ccccc1[N+](=O)[O-])N1CCCC1. The molecule has 2 saturated heterocycles. The van der Waals surface area contributed by atoms with Gasteiger partial charge in [0.15, 0.2) is 0 Å². The summed E-state index contributed by atoms with van der Waals surface area (Å²) in [5, 5.41) is 9.32. The highest BCUT2D eigenvalue weighted by atomic mass is 32.2. The molecule has 10 heteroatoms. The first-order chi connectivity index (χ1) is 12.8. The van der Waals surface area contributed by atoms with Gasteiger partial charge in [-0.1, -0.05) is 12.1 Å². The molecule has 0 bridgehead atoms. The third-order valence-electron chi connectivity index (χ3n) is 4.96. The zero-order chi connectivity index (χ0) is 19.6. The van der Waals surface area contributed by atoms with Gasteiger partial charge in [-0.15, -0.1) is 0 Å². The number of amides is 2. The van der Waals surface area contributed by atoms with E-state index in [1.54, 1.807) is 0 Å². The van der Waals surface area contributed by atoms with Crippen molar-refractivity contribution in [3.8, 4) is 0 Å². The number of hydrogen-bond donors (Lipinski definition) is 0. The molecule has 0 aliphatic carbocycles. The van der Waals surface area contributed by atoms with Crippen LogP contribution >= 0.6 is 0 Å². The van der Waals surface area contributed by atoms with Crippen LogP contribution in [0.1, 0.15) is 25.7 Å². The topological polar surface area (TPSA) is 118 Å². The van der Waals surface area contributed by atoms with Gasteiger partial charge in [0.25, 0.3) is 17.5 Å². The van der Waals surface area contributed by atoms with Crippen LogP contribution in [0.3, 0.4) is 0 Å². The van der Waals surface area contributed by atoms with Gasteiger partial charge in [-0.2, -0.15) is 0 Å². The summed E-state index contributed by atoms with van der Waals surface area (Å²) in [6, 6.07) is 4.83. The largest absolute Gasteiger partial charge is 0.341 e. The number of carbonyl (C=O) groups is 2. The highest BCUT2D eigenvalue weighted by Crippen LogP contribution is 2.29. The maximum absolute atomic E-state index is 13.3. The number of nitro benzene ring substituents is 1. The zero-order valence-electron chi connectivity index (χ0n) is 14.7. The molecule has 146 valence electrons. The lowest BCUT2D eigenvalue weighted by atomic mass is 10.3. The molecule has 2 fully saturated rings. The number of rotatable bonds is 5. The number of nitro groups is 1. The fourth-order valence-electron chi connectivity index (χ4n) is 3.55. The minimum absolute atomic E-state index is 0.384. The van der Waals surface area contributed by atoms with Gasteiger partial charge in [0.05, 0.1) is 4.92 Å². The highest BCUT2D eigenvalue weighted by molar-refractivity contribution is 7.93. The van der Waals surface area contributed by atoms with Crippen molar-refractivity contribution in [3.63, 3.8) is 0 Å². The first kappa shape index (κ1) is 19.3. The average Bonchev–Trinajstić information content (AvgIpc) is 3.35. The second-order valence-electron chi connectivity index (χ2n) is 6.71. The molecule has 0 radical (unpaired) electrons. The molecule has 2 aliphatic heterocycles. The summed E-state index contributed by atoms with van der Waals surface area (Å²) < 4.78 is 26.5. The highest BCUT2D eigenvalue weighted by Gasteiger charge is 2.47. The lowest BCUT2D eigenvalue weighted by Crippen LogP contribution is -2.51. The van der Waals surface area contributed by atoms with Crippen molar-refractivity contribution in [3.05, 3.63) is 34.4 Å². The number of sulfone groups is 1. The second kappa shape index (κ2) is 7.63. The molecule has 0 unspecified atom stereocenters. The van der Waals surface area contributed by atoms with Gasteiger partial charge in [-0.05, 0) is 31.7 Å². The monoisotopic (exact) mass is 395 g/mol. The first-order valence-electron chi connectivity index (χ1n) is 8.89. The van der Waals surface area contributed by atoms with Gasteiger partial charge in [0.2, 0.25) is 15.1 Å². The number of hydrogen-bond acceptors (Lipinski definition) is 6. The number of para-hydroxylation sites is 1. The van der Waals surface area contributed by atoms with Gasteiger partial charge in [-0.3, -0.25) is 19.7 Å². The number of likely N-dealkylation sites (tertiary alicyclic amines) is 2. The number of carbonyl (C=O) groups excluding carboxylic acids is 2. The van der Waals surface area contributed by atoms with E-state index in [1.807, 2.05) is 0 Å². The summed E-state index contributed by atoms with van der Waals surface area (Å²) in [5.41, 5.74) is -0.633. The molecule has 0 spiro atoms. The third-order valence-corrected chi connectivity index (χ3v) is 6.94. The Morgan fingerprint density at radius 1 is 0.926 bits per heavy atom. The molecule has 0 aromatic heterocycles. The predicted octanol–water partition coefficient (Wildman–Crippen LogP) is 0.982. The molecular weight excluding hydrogens is 374 g/mol. The standard InChI is InChI=1S/C17H21N3O6S/c21-16(18-9-3-4-10-18)15(17(22)19-11-5-6-12-19)27(25,26)14-8-2-1-7-13(14)20(23)24/h1-2,7-8,15H,3-6,9-12H2. The van der Waals surface area contributed by atoms with E-state index in [0.717, 1.165) is 37.8 Å². The quantitative estimate of drug-likeness (QED) is 0.417. The summed E-state index contributed by atoms with van der Waals surface area (Å²) in [7, 11) is -4.57. The molecule has 2 aliphatic rings. The Morgan fingerprint density at radius 2 is 1.37 bits per heavy atom. The minimum atomic E-state index is -4.57. The van der Waals surface area contributed by atoms with Gasteiger partial charge >= 0.3 is 0 Å².